The molecule has 6 nitrogen and oxygen atoms in total. The van der Waals surface area contributed by atoms with E-state index < -0.39 is 30.3 Å². The van der Waals surface area contributed by atoms with Crippen molar-refractivity contribution < 1.29 is 23.5 Å². The molecule has 1 fully saturated rings. The van der Waals surface area contributed by atoms with Gasteiger partial charge in [0.2, 0.25) is 0 Å². The predicted octanol–water partition coefficient (Wildman–Crippen LogP) is 3.04. The van der Waals surface area contributed by atoms with Crippen molar-refractivity contribution in [2.75, 3.05) is 6.61 Å². The van der Waals surface area contributed by atoms with Gasteiger partial charge in [0.05, 0.1) is 5.56 Å². The van der Waals surface area contributed by atoms with E-state index in [9.17, 15) is 18.8 Å². The first kappa shape index (κ1) is 19.2. The summed E-state index contributed by atoms with van der Waals surface area (Å²) in [5.41, 5.74) is -0.374. The van der Waals surface area contributed by atoms with Crippen molar-refractivity contribution in [1.82, 2.24) is 10.6 Å². The molecule has 0 unspecified atom stereocenters. The van der Waals surface area contributed by atoms with Gasteiger partial charge in [-0.25, -0.2) is 14.0 Å². The second kappa shape index (κ2) is 8.80. The highest BCUT2D eigenvalue weighted by atomic mass is 35.5. The van der Waals surface area contributed by atoms with Crippen LogP contribution >= 0.6 is 11.6 Å². The molecular weight excluding hydrogens is 351 g/mol. The van der Waals surface area contributed by atoms with Gasteiger partial charge >= 0.3 is 12.0 Å². The van der Waals surface area contributed by atoms with Crippen LogP contribution in [0.4, 0.5) is 9.18 Å². The second-order valence-electron chi connectivity index (χ2n) is 6.09. The molecule has 1 aliphatic carbocycles. The van der Waals surface area contributed by atoms with Crippen molar-refractivity contribution in [2.24, 2.45) is 5.92 Å². The van der Waals surface area contributed by atoms with E-state index >= 15 is 0 Å². The van der Waals surface area contributed by atoms with Gasteiger partial charge in [-0.15, -0.1) is 0 Å². The average molecular weight is 371 g/mol. The van der Waals surface area contributed by atoms with Crippen LogP contribution in [-0.2, 0) is 9.53 Å². The summed E-state index contributed by atoms with van der Waals surface area (Å²) in [5, 5.41) is 5.01. The fraction of sp³-hybridized carbons (Fsp3) is 0.471. The first-order valence-electron chi connectivity index (χ1n) is 8.09. The van der Waals surface area contributed by atoms with E-state index in [0.717, 1.165) is 37.8 Å². The number of halogens is 2. The number of nitrogens with one attached hydrogen (secondary N) is 2. The average Bonchev–Trinajstić information content (AvgIpc) is 2.57. The lowest BCUT2D eigenvalue weighted by Crippen LogP contribution is -2.48. The number of hydrogen-bond acceptors (Lipinski definition) is 4. The summed E-state index contributed by atoms with van der Waals surface area (Å²) in [6.45, 7) is 1.35. The smallest absolute Gasteiger partial charge is 0.341 e. The molecule has 0 aromatic heterocycles. The maximum atomic E-state index is 13.5. The summed E-state index contributed by atoms with van der Waals surface area (Å²) < 4.78 is 18.2. The summed E-state index contributed by atoms with van der Waals surface area (Å²) in [6, 6.07) is 2.81. The zero-order valence-electron chi connectivity index (χ0n) is 13.8. The third kappa shape index (κ3) is 5.70. The van der Waals surface area contributed by atoms with E-state index in [-0.39, 0.29) is 16.6 Å². The minimum absolute atomic E-state index is 0.0182. The number of ether oxygens (including phenoxy) is 1. The van der Waals surface area contributed by atoms with Gasteiger partial charge in [-0.05, 0) is 37.0 Å². The van der Waals surface area contributed by atoms with Gasteiger partial charge in [-0.3, -0.25) is 10.1 Å². The molecule has 1 saturated carbocycles. The van der Waals surface area contributed by atoms with Crippen LogP contribution in [-0.4, -0.2) is 30.6 Å². The maximum Gasteiger partial charge on any atom is 0.341 e. The van der Waals surface area contributed by atoms with Crippen LogP contribution in [0.15, 0.2) is 18.2 Å². The number of amides is 3. The zero-order chi connectivity index (χ0) is 18.4. The molecule has 2 rings (SSSR count). The Bertz CT molecular complexity index is 668. The predicted molar refractivity (Wildman–Crippen MR) is 89.8 cm³/mol. The van der Waals surface area contributed by atoms with E-state index in [4.69, 9.17) is 16.3 Å². The maximum absolute atomic E-state index is 13.5. The summed E-state index contributed by atoms with van der Waals surface area (Å²) >= 11 is 5.69. The van der Waals surface area contributed by atoms with Gasteiger partial charge in [0, 0.05) is 11.1 Å². The zero-order valence-corrected chi connectivity index (χ0v) is 14.6. The quantitative estimate of drug-likeness (QED) is 0.798. The normalized spacial score (nSPS) is 19.8. The number of esters is 1. The van der Waals surface area contributed by atoms with Gasteiger partial charge in [0.15, 0.2) is 6.61 Å². The van der Waals surface area contributed by atoms with Crippen molar-refractivity contribution in [2.45, 2.75) is 38.6 Å². The van der Waals surface area contributed by atoms with E-state index in [1.165, 1.54) is 6.07 Å². The number of rotatable bonds is 4. The Kier molecular flexibility index (Phi) is 6.75. The molecule has 0 heterocycles. The molecular formula is C17H20ClFN2O4. The number of carbonyl (C=O) groups is 3. The van der Waals surface area contributed by atoms with Crippen LogP contribution < -0.4 is 10.6 Å². The van der Waals surface area contributed by atoms with Crippen molar-refractivity contribution in [1.29, 1.82) is 0 Å². The molecule has 25 heavy (non-hydrogen) atoms. The molecule has 2 atom stereocenters. The number of imide groups is 1. The Balaban J connectivity index is 1.79. The number of benzene rings is 1. The number of carbonyl (C=O) groups excluding carboxylic acids is 3. The molecule has 3 amide bonds. The number of hydrogen-bond donors (Lipinski definition) is 2. The van der Waals surface area contributed by atoms with Crippen LogP contribution in [0.1, 0.15) is 43.0 Å². The van der Waals surface area contributed by atoms with E-state index in [0.29, 0.717) is 5.92 Å². The molecule has 2 N–H and O–H groups in total. The summed E-state index contributed by atoms with van der Waals surface area (Å²) in [7, 11) is 0. The summed E-state index contributed by atoms with van der Waals surface area (Å²) in [5.74, 6) is -2.29. The van der Waals surface area contributed by atoms with Crippen molar-refractivity contribution in [3.63, 3.8) is 0 Å². The highest BCUT2D eigenvalue weighted by molar-refractivity contribution is 6.30. The van der Waals surface area contributed by atoms with Crippen molar-refractivity contribution in [3.8, 4) is 0 Å². The standard InChI is InChI=1S/C17H20ClFN2O4/c1-10-4-2-3-5-14(10)20-17(24)21-15(22)9-25-16(23)12-8-11(18)6-7-13(12)19/h6-8,10,14H,2-5,9H2,1H3,(H2,20,21,22,24)/t10-,14-/m1/s1. The minimum atomic E-state index is -1.03. The van der Waals surface area contributed by atoms with Gasteiger partial charge in [-0.2, -0.15) is 0 Å². The van der Waals surface area contributed by atoms with Crippen LogP contribution in [0.25, 0.3) is 0 Å². The topological polar surface area (TPSA) is 84.5 Å². The summed E-state index contributed by atoms with van der Waals surface area (Å²) in [4.78, 5) is 35.3. The lowest BCUT2D eigenvalue weighted by atomic mass is 9.86. The van der Waals surface area contributed by atoms with Crippen molar-refractivity contribution >= 4 is 29.5 Å². The van der Waals surface area contributed by atoms with Gasteiger partial charge in [0.1, 0.15) is 5.82 Å². The van der Waals surface area contributed by atoms with Gasteiger partial charge < -0.3 is 10.1 Å². The highest BCUT2D eigenvalue weighted by Gasteiger charge is 2.23. The molecule has 1 aliphatic rings. The van der Waals surface area contributed by atoms with Crippen LogP contribution in [0.2, 0.25) is 5.02 Å². The van der Waals surface area contributed by atoms with Gasteiger partial charge in [0.25, 0.3) is 5.91 Å². The van der Waals surface area contributed by atoms with E-state index in [1.54, 1.807) is 0 Å². The first-order valence-corrected chi connectivity index (χ1v) is 8.47. The fourth-order valence-corrected chi connectivity index (χ4v) is 2.93. The first-order chi connectivity index (χ1) is 11.9. The lowest BCUT2D eigenvalue weighted by molar-refractivity contribution is -0.123. The van der Waals surface area contributed by atoms with Crippen molar-refractivity contribution in [3.05, 3.63) is 34.6 Å². The largest absolute Gasteiger partial charge is 0.452 e. The Morgan fingerprint density at radius 1 is 1.28 bits per heavy atom. The molecule has 136 valence electrons. The lowest BCUT2D eigenvalue weighted by Gasteiger charge is -2.29. The van der Waals surface area contributed by atoms with Crippen LogP contribution in [0.5, 0.6) is 0 Å². The molecule has 8 heteroatoms. The molecule has 1 aromatic rings. The Morgan fingerprint density at radius 2 is 2.00 bits per heavy atom. The SMILES string of the molecule is C[C@@H]1CCCC[C@H]1NC(=O)NC(=O)COC(=O)c1cc(Cl)ccc1F. The molecule has 0 saturated heterocycles. The van der Waals surface area contributed by atoms with Crippen LogP contribution in [0.3, 0.4) is 0 Å². The minimum Gasteiger partial charge on any atom is -0.452 e. The van der Waals surface area contributed by atoms with Crippen LogP contribution in [0, 0.1) is 11.7 Å². The Labute approximate surface area is 150 Å². The van der Waals surface area contributed by atoms with E-state index in [1.807, 2.05) is 6.92 Å². The molecule has 0 radical (unpaired) electrons. The second-order valence-corrected chi connectivity index (χ2v) is 6.53. The van der Waals surface area contributed by atoms with E-state index in [2.05, 4.69) is 10.6 Å². The fourth-order valence-electron chi connectivity index (χ4n) is 2.76. The molecule has 1 aromatic carbocycles. The molecule has 0 aliphatic heterocycles. The molecule has 0 bridgehead atoms. The Morgan fingerprint density at radius 3 is 2.72 bits per heavy atom. The highest BCUT2D eigenvalue weighted by Crippen LogP contribution is 2.23. The van der Waals surface area contributed by atoms with Gasteiger partial charge in [-0.1, -0.05) is 31.4 Å². The molecule has 0 spiro atoms. The third-order valence-electron chi connectivity index (χ3n) is 4.16. The third-order valence-corrected chi connectivity index (χ3v) is 4.40. The number of urea groups is 1. The summed E-state index contributed by atoms with van der Waals surface area (Å²) in [6.07, 6.45) is 4.06. The Hall–Kier alpha value is -2.15. The monoisotopic (exact) mass is 370 g/mol.